The molecule has 3 heterocycles. The number of aromatic nitrogens is 5. The van der Waals surface area contributed by atoms with Crippen LogP contribution in [0.15, 0.2) is 57.2 Å². The van der Waals surface area contributed by atoms with Crippen LogP contribution >= 0.6 is 11.8 Å². The number of thioether (sulfide) groups is 1. The number of pyridine rings is 1. The molecule has 0 aliphatic rings. The SMILES string of the molecule is Cc1[nH]c(=O)[nH]c(=O)c1NC(=O)CSc1ccc(-c2nc3ccccc3[nH]2)cn1. The minimum Gasteiger partial charge on any atom is -0.338 e. The van der Waals surface area contributed by atoms with Crippen molar-refractivity contribution in [1.82, 2.24) is 24.9 Å². The first-order chi connectivity index (χ1) is 14.0. The van der Waals surface area contributed by atoms with Gasteiger partial charge in [-0.25, -0.2) is 14.8 Å². The van der Waals surface area contributed by atoms with Gasteiger partial charge in [0.05, 0.1) is 21.8 Å². The van der Waals surface area contributed by atoms with Crippen LogP contribution in [0.3, 0.4) is 0 Å². The summed E-state index contributed by atoms with van der Waals surface area (Å²) >= 11 is 1.23. The minimum atomic E-state index is -0.641. The summed E-state index contributed by atoms with van der Waals surface area (Å²) in [6.45, 7) is 1.54. The number of H-pyrrole nitrogens is 3. The van der Waals surface area contributed by atoms with Crippen molar-refractivity contribution in [3.8, 4) is 11.4 Å². The van der Waals surface area contributed by atoms with Gasteiger partial charge in [0.15, 0.2) is 0 Å². The van der Waals surface area contributed by atoms with E-state index in [1.807, 2.05) is 30.3 Å². The van der Waals surface area contributed by atoms with Gasteiger partial charge >= 0.3 is 5.69 Å². The van der Waals surface area contributed by atoms with E-state index in [-0.39, 0.29) is 17.3 Å². The summed E-state index contributed by atoms with van der Waals surface area (Å²) < 4.78 is 0. The molecule has 4 aromatic rings. The van der Waals surface area contributed by atoms with Crippen LogP contribution < -0.4 is 16.6 Å². The number of nitrogens with one attached hydrogen (secondary N) is 4. The Kier molecular flexibility index (Phi) is 5.00. The third-order valence-electron chi connectivity index (χ3n) is 4.14. The van der Waals surface area contributed by atoms with Crippen molar-refractivity contribution in [2.75, 3.05) is 11.1 Å². The maximum atomic E-state index is 12.1. The Morgan fingerprint density at radius 1 is 1.10 bits per heavy atom. The van der Waals surface area contributed by atoms with Gasteiger partial charge in [-0.1, -0.05) is 23.9 Å². The van der Waals surface area contributed by atoms with Crippen LogP contribution in [0.1, 0.15) is 5.69 Å². The lowest BCUT2D eigenvalue weighted by atomic mass is 10.3. The van der Waals surface area contributed by atoms with Crippen molar-refractivity contribution < 1.29 is 4.79 Å². The molecular formula is C19H16N6O3S. The highest BCUT2D eigenvalue weighted by Gasteiger charge is 2.11. The van der Waals surface area contributed by atoms with E-state index in [0.29, 0.717) is 10.7 Å². The highest BCUT2D eigenvalue weighted by atomic mass is 32.2. The second-order valence-corrected chi connectivity index (χ2v) is 7.23. The van der Waals surface area contributed by atoms with Crippen LogP contribution in [0.4, 0.5) is 5.69 Å². The lowest BCUT2D eigenvalue weighted by Gasteiger charge is -2.06. The molecule has 1 amide bonds. The molecule has 4 N–H and O–H groups in total. The second kappa shape index (κ2) is 7.76. The molecule has 3 aromatic heterocycles. The number of imidazole rings is 1. The van der Waals surface area contributed by atoms with Gasteiger partial charge in [0.2, 0.25) is 5.91 Å². The van der Waals surface area contributed by atoms with Gasteiger partial charge in [0.1, 0.15) is 11.5 Å². The Morgan fingerprint density at radius 2 is 1.93 bits per heavy atom. The summed E-state index contributed by atoms with van der Waals surface area (Å²) in [5, 5.41) is 3.17. The Bertz CT molecular complexity index is 1270. The van der Waals surface area contributed by atoms with Gasteiger partial charge in [-0.05, 0) is 31.2 Å². The van der Waals surface area contributed by atoms with Gasteiger partial charge in [-0.2, -0.15) is 0 Å². The molecule has 0 atom stereocenters. The summed E-state index contributed by atoms with van der Waals surface area (Å²) in [6.07, 6.45) is 1.69. The number of aromatic amines is 3. The molecule has 0 saturated heterocycles. The monoisotopic (exact) mass is 408 g/mol. The first-order valence-corrected chi connectivity index (χ1v) is 9.65. The van der Waals surface area contributed by atoms with Gasteiger partial charge in [-0.3, -0.25) is 14.6 Å². The van der Waals surface area contributed by atoms with E-state index in [1.165, 1.54) is 18.7 Å². The first-order valence-electron chi connectivity index (χ1n) is 8.66. The van der Waals surface area contributed by atoms with Crippen molar-refractivity contribution in [2.24, 2.45) is 0 Å². The van der Waals surface area contributed by atoms with Crippen molar-refractivity contribution >= 4 is 34.4 Å². The third-order valence-corrected chi connectivity index (χ3v) is 5.09. The summed E-state index contributed by atoms with van der Waals surface area (Å²) in [5.41, 5.74) is 1.74. The first kappa shape index (κ1) is 18.7. The van der Waals surface area contributed by atoms with E-state index in [1.54, 1.807) is 12.3 Å². The van der Waals surface area contributed by atoms with Gasteiger partial charge in [0.25, 0.3) is 5.56 Å². The third kappa shape index (κ3) is 4.11. The van der Waals surface area contributed by atoms with E-state index < -0.39 is 11.2 Å². The number of fused-ring (bicyclic) bond motifs is 1. The molecule has 4 rings (SSSR count). The van der Waals surface area contributed by atoms with E-state index >= 15 is 0 Å². The molecule has 0 aliphatic carbocycles. The molecule has 146 valence electrons. The number of carbonyl (C=O) groups excluding carboxylic acids is 1. The van der Waals surface area contributed by atoms with E-state index in [9.17, 15) is 14.4 Å². The fraction of sp³-hybridized carbons (Fsp3) is 0.105. The lowest BCUT2D eigenvalue weighted by Crippen LogP contribution is -2.29. The Balaban J connectivity index is 1.41. The molecule has 0 radical (unpaired) electrons. The number of aryl methyl sites for hydroxylation is 1. The Morgan fingerprint density at radius 3 is 2.66 bits per heavy atom. The quantitative estimate of drug-likeness (QED) is 0.373. The van der Waals surface area contributed by atoms with E-state index in [2.05, 4.69) is 30.2 Å². The molecule has 29 heavy (non-hydrogen) atoms. The Labute approximate surface area is 168 Å². The van der Waals surface area contributed by atoms with Crippen molar-refractivity contribution in [3.05, 3.63) is 69.1 Å². The number of rotatable bonds is 5. The maximum Gasteiger partial charge on any atom is 0.326 e. The number of hydrogen-bond acceptors (Lipinski definition) is 6. The molecule has 0 unspecified atom stereocenters. The zero-order valence-corrected chi connectivity index (χ0v) is 16.1. The lowest BCUT2D eigenvalue weighted by molar-refractivity contribution is -0.113. The van der Waals surface area contributed by atoms with E-state index in [0.717, 1.165) is 22.4 Å². The normalized spacial score (nSPS) is 10.9. The summed E-state index contributed by atoms with van der Waals surface area (Å²) in [6, 6.07) is 11.4. The van der Waals surface area contributed by atoms with Crippen LogP contribution in [-0.4, -0.2) is 36.6 Å². The molecular weight excluding hydrogens is 392 g/mol. The number of benzene rings is 1. The molecule has 0 saturated carbocycles. The second-order valence-electron chi connectivity index (χ2n) is 6.23. The minimum absolute atomic E-state index is 0.0309. The molecule has 0 bridgehead atoms. The van der Waals surface area contributed by atoms with Crippen LogP contribution in [0.5, 0.6) is 0 Å². The summed E-state index contributed by atoms with van der Waals surface area (Å²) in [7, 11) is 0. The zero-order chi connectivity index (χ0) is 20.4. The number of hydrogen-bond donors (Lipinski definition) is 4. The summed E-state index contributed by atoms with van der Waals surface area (Å²) in [5.74, 6) is 0.411. The van der Waals surface area contributed by atoms with Gasteiger partial charge < -0.3 is 15.3 Å². The molecule has 10 heteroatoms. The standard InChI is InChI=1S/C19H16N6O3S/c1-10-16(18(27)25-19(28)21-10)24-14(26)9-29-15-7-6-11(8-20-15)17-22-12-4-2-3-5-13(12)23-17/h2-8H,9H2,1H3,(H,22,23)(H,24,26)(H2,21,25,27,28). The topological polar surface area (TPSA) is 136 Å². The number of anilines is 1. The van der Waals surface area contributed by atoms with Crippen LogP contribution in [-0.2, 0) is 4.79 Å². The van der Waals surface area contributed by atoms with Crippen LogP contribution in [0.2, 0.25) is 0 Å². The highest BCUT2D eigenvalue weighted by molar-refractivity contribution is 7.99. The number of nitrogens with zero attached hydrogens (tertiary/aromatic N) is 2. The molecule has 0 aliphatic heterocycles. The molecule has 1 aromatic carbocycles. The predicted molar refractivity (Wildman–Crippen MR) is 111 cm³/mol. The van der Waals surface area contributed by atoms with Crippen molar-refractivity contribution in [3.63, 3.8) is 0 Å². The van der Waals surface area contributed by atoms with Gasteiger partial charge in [-0.15, -0.1) is 0 Å². The van der Waals surface area contributed by atoms with Crippen LogP contribution in [0.25, 0.3) is 22.4 Å². The van der Waals surface area contributed by atoms with Crippen molar-refractivity contribution in [1.29, 1.82) is 0 Å². The summed E-state index contributed by atoms with van der Waals surface area (Å²) in [4.78, 5) is 51.8. The average Bonchev–Trinajstić information content (AvgIpc) is 3.14. The fourth-order valence-corrected chi connectivity index (χ4v) is 3.40. The maximum absolute atomic E-state index is 12.1. The number of amides is 1. The van der Waals surface area contributed by atoms with Gasteiger partial charge in [0, 0.05) is 17.5 Å². The zero-order valence-electron chi connectivity index (χ0n) is 15.3. The fourth-order valence-electron chi connectivity index (χ4n) is 2.76. The smallest absolute Gasteiger partial charge is 0.326 e. The Hall–Kier alpha value is -3.66. The highest BCUT2D eigenvalue weighted by Crippen LogP contribution is 2.22. The number of carbonyl (C=O) groups is 1. The van der Waals surface area contributed by atoms with Crippen LogP contribution in [0, 0.1) is 6.92 Å². The molecule has 0 spiro atoms. The predicted octanol–water partition coefficient (Wildman–Crippen LogP) is 2.04. The average molecular weight is 408 g/mol. The van der Waals surface area contributed by atoms with Crippen molar-refractivity contribution in [2.45, 2.75) is 11.9 Å². The number of para-hydroxylation sites is 2. The van der Waals surface area contributed by atoms with E-state index in [4.69, 9.17) is 0 Å². The molecule has 0 fully saturated rings. The largest absolute Gasteiger partial charge is 0.338 e. The molecule has 9 nitrogen and oxygen atoms in total.